The van der Waals surface area contributed by atoms with Crippen molar-refractivity contribution in [1.82, 2.24) is 34.9 Å². The number of rotatable bonds is 11. The van der Waals surface area contributed by atoms with E-state index in [9.17, 15) is 40.3 Å². The number of imidazole rings is 1. The Balaban J connectivity index is 1.33. The monoisotopic (exact) mass is 644 g/mol. The van der Waals surface area contributed by atoms with Crippen LogP contribution in [0.15, 0.2) is 18.5 Å². The van der Waals surface area contributed by atoms with E-state index in [0.717, 1.165) is 17.6 Å². The van der Waals surface area contributed by atoms with Gasteiger partial charge in [-0.1, -0.05) is 0 Å². The van der Waals surface area contributed by atoms with Crippen LogP contribution in [0.2, 0.25) is 0 Å². The lowest BCUT2D eigenvalue weighted by molar-refractivity contribution is -0.144. The predicted octanol–water partition coefficient (Wildman–Crippen LogP) is 4.94. The second-order valence-electron chi connectivity index (χ2n) is 12.4. The van der Waals surface area contributed by atoms with E-state index in [4.69, 9.17) is 5.73 Å². The Kier molecular flexibility index (Phi) is 7.78. The molecule has 45 heavy (non-hydrogen) atoms. The Labute approximate surface area is 251 Å². The summed E-state index contributed by atoms with van der Waals surface area (Å²) in [6.07, 6.45) is -2.91. The van der Waals surface area contributed by atoms with Crippen molar-refractivity contribution >= 4 is 17.5 Å². The van der Waals surface area contributed by atoms with Crippen LogP contribution in [0.5, 0.6) is 0 Å². The van der Waals surface area contributed by atoms with Gasteiger partial charge in [0, 0.05) is 31.6 Å². The van der Waals surface area contributed by atoms with Gasteiger partial charge in [0.25, 0.3) is 11.8 Å². The van der Waals surface area contributed by atoms with E-state index < -0.39 is 79.3 Å². The van der Waals surface area contributed by atoms with Gasteiger partial charge in [-0.25, -0.2) is 27.1 Å². The summed E-state index contributed by atoms with van der Waals surface area (Å²) < 4.78 is 94.9. The summed E-state index contributed by atoms with van der Waals surface area (Å²) in [5, 5.41) is 15.5. The van der Waals surface area contributed by atoms with Crippen LogP contribution in [0.25, 0.3) is 5.65 Å². The molecule has 0 spiro atoms. The van der Waals surface area contributed by atoms with Gasteiger partial charge in [0.15, 0.2) is 11.3 Å². The maximum Gasteiger partial charge on any atom is 0.389 e. The van der Waals surface area contributed by atoms with Gasteiger partial charge in [-0.2, -0.15) is 28.2 Å². The molecule has 3 saturated carbocycles. The fourth-order valence-corrected chi connectivity index (χ4v) is 6.13. The van der Waals surface area contributed by atoms with Crippen molar-refractivity contribution in [2.24, 2.45) is 23.5 Å². The zero-order valence-corrected chi connectivity index (χ0v) is 23.9. The molecule has 2 amide bonds. The van der Waals surface area contributed by atoms with E-state index in [2.05, 4.69) is 25.6 Å². The van der Waals surface area contributed by atoms with Crippen molar-refractivity contribution in [1.29, 1.82) is 0 Å². The number of nitrogens with one attached hydrogen (secondary N) is 1. The minimum absolute atomic E-state index is 0.0159. The zero-order chi connectivity index (χ0) is 32.3. The third-order valence-electron chi connectivity index (χ3n) is 8.86. The molecule has 3 N–H and O–H groups in total. The molecule has 0 aromatic carbocycles. The highest BCUT2D eigenvalue weighted by Crippen LogP contribution is 2.50. The lowest BCUT2D eigenvalue weighted by Gasteiger charge is -2.32. The van der Waals surface area contributed by atoms with Crippen molar-refractivity contribution in [2.45, 2.75) is 94.3 Å². The summed E-state index contributed by atoms with van der Waals surface area (Å²) in [4.78, 5) is 30.5. The van der Waals surface area contributed by atoms with E-state index in [-0.39, 0.29) is 43.1 Å². The van der Waals surface area contributed by atoms with E-state index in [0.29, 0.717) is 16.9 Å². The Hall–Kier alpha value is -3.79. The van der Waals surface area contributed by atoms with Crippen molar-refractivity contribution in [2.75, 3.05) is 0 Å². The molecule has 10 nitrogen and oxygen atoms in total. The number of hydrogen-bond acceptors (Lipinski definition) is 6. The molecule has 3 aromatic heterocycles. The molecule has 6 rings (SSSR count). The molecule has 3 aliphatic rings. The predicted molar refractivity (Wildman–Crippen MR) is 142 cm³/mol. The Morgan fingerprint density at radius 3 is 2.36 bits per heavy atom. The second kappa shape index (κ2) is 11.2. The van der Waals surface area contributed by atoms with Gasteiger partial charge >= 0.3 is 6.18 Å². The topological polar surface area (TPSA) is 133 Å². The molecular formula is C28H31F7N8O2. The lowest BCUT2D eigenvalue weighted by Crippen LogP contribution is -2.30. The highest BCUT2D eigenvalue weighted by molar-refractivity contribution is 5.92. The molecule has 1 unspecified atom stereocenters. The van der Waals surface area contributed by atoms with Gasteiger partial charge in [-0.15, -0.1) is 5.10 Å². The minimum Gasteiger partial charge on any atom is -0.364 e. The number of nitrogens with two attached hydrogens (primary N) is 1. The van der Waals surface area contributed by atoms with Crippen LogP contribution >= 0.6 is 0 Å². The van der Waals surface area contributed by atoms with Crippen LogP contribution in [-0.4, -0.2) is 59.4 Å². The Bertz CT molecular complexity index is 1590. The number of primary amides is 1. The maximum atomic E-state index is 14.1. The maximum absolute atomic E-state index is 14.1. The van der Waals surface area contributed by atoms with E-state index in [1.807, 2.05) is 0 Å². The van der Waals surface area contributed by atoms with Crippen molar-refractivity contribution in [3.8, 4) is 0 Å². The molecule has 3 fully saturated rings. The van der Waals surface area contributed by atoms with Crippen LogP contribution in [0.1, 0.15) is 97.2 Å². The standard InChI is InChI=1S/C28H31F7N8O2/c29-26(30)6-3-14(4-7-26)21(23-24(25(36)45)41-43(40-23)12-17-10-27(17,31)32)18-13-42-19(38-18)9-16(11-37-42)22(15-1-2-15)39-20(44)5-8-28(33,34)35/h9,11,13-15,17,21-22H,1-8,10,12H2,(H2,36,45)(H,39,44)/t17?,21-,22+/m0/s1. The molecule has 244 valence electrons. The first-order chi connectivity index (χ1) is 21.1. The number of fused-ring (bicyclic) bond motifs is 1. The van der Waals surface area contributed by atoms with Gasteiger partial charge < -0.3 is 11.1 Å². The molecule has 0 radical (unpaired) electrons. The molecule has 3 heterocycles. The average Bonchev–Trinajstić information content (AvgIpc) is 3.78. The van der Waals surface area contributed by atoms with Gasteiger partial charge in [-0.3, -0.25) is 9.59 Å². The van der Waals surface area contributed by atoms with Gasteiger partial charge in [0.1, 0.15) is 5.69 Å². The molecule has 3 aromatic rings. The third kappa shape index (κ3) is 7.06. The molecular weight excluding hydrogens is 613 g/mol. The van der Waals surface area contributed by atoms with Gasteiger partial charge in [0.2, 0.25) is 11.8 Å². The van der Waals surface area contributed by atoms with E-state index in [1.165, 1.54) is 10.7 Å². The first kappa shape index (κ1) is 31.2. The van der Waals surface area contributed by atoms with Crippen LogP contribution < -0.4 is 11.1 Å². The molecule has 0 aliphatic heterocycles. The van der Waals surface area contributed by atoms with Crippen LogP contribution in [0, 0.1) is 17.8 Å². The summed E-state index contributed by atoms with van der Waals surface area (Å²) in [5.41, 5.74) is 6.55. The fraction of sp³-hybridized carbons (Fsp3) is 0.643. The zero-order valence-electron chi connectivity index (χ0n) is 23.9. The number of halogens is 7. The Morgan fingerprint density at radius 2 is 1.76 bits per heavy atom. The Morgan fingerprint density at radius 1 is 1.07 bits per heavy atom. The molecule has 3 atom stereocenters. The third-order valence-corrected chi connectivity index (χ3v) is 8.86. The highest BCUT2D eigenvalue weighted by Gasteiger charge is 2.57. The summed E-state index contributed by atoms with van der Waals surface area (Å²) >= 11 is 0. The van der Waals surface area contributed by atoms with Crippen molar-refractivity contribution in [3.05, 3.63) is 41.1 Å². The number of hydrogen-bond donors (Lipinski definition) is 2. The first-order valence-corrected chi connectivity index (χ1v) is 14.8. The van der Waals surface area contributed by atoms with Crippen molar-refractivity contribution < 1.29 is 40.3 Å². The van der Waals surface area contributed by atoms with Crippen LogP contribution in [0.3, 0.4) is 0 Å². The van der Waals surface area contributed by atoms with Gasteiger partial charge in [-0.05, 0) is 49.1 Å². The quantitative estimate of drug-likeness (QED) is 0.284. The average molecular weight is 645 g/mol. The summed E-state index contributed by atoms with van der Waals surface area (Å²) in [5.74, 6) is -9.72. The fourth-order valence-electron chi connectivity index (χ4n) is 6.13. The molecule has 0 saturated heterocycles. The molecule has 3 aliphatic carbocycles. The summed E-state index contributed by atoms with van der Waals surface area (Å²) in [6.45, 7) is -0.254. The van der Waals surface area contributed by atoms with E-state index >= 15 is 0 Å². The number of alkyl halides is 7. The normalized spacial score (nSPS) is 22.7. The smallest absolute Gasteiger partial charge is 0.364 e. The SMILES string of the molecule is NC(=O)c1nn(CC2CC2(F)F)nc1[C@H](c1cn2ncc([C@H](NC(=O)CCC(F)(F)F)C3CC3)cc2n1)C1CCC(F)(F)CC1. The second-order valence-corrected chi connectivity index (χ2v) is 12.4. The number of aromatic nitrogens is 6. The lowest BCUT2D eigenvalue weighted by atomic mass is 9.75. The van der Waals surface area contributed by atoms with Gasteiger partial charge in [0.05, 0.1) is 43.0 Å². The number of amides is 2. The number of carbonyl (C=O) groups excluding carboxylic acids is 2. The van der Waals surface area contributed by atoms with Crippen LogP contribution in [0.4, 0.5) is 30.7 Å². The number of carbonyl (C=O) groups is 2. The van der Waals surface area contributed by atoms with E-state index in [1.54, 1.807) is 12.3 Å². The van der Waals surface area contributed by atoms with Crippen molar-refractivity contribution in [3.63, 3.8) is 0 Å². The first-order valence-electron chi connectivity index (χ1n) is 14.8. The summed E-state index contributed by atoms with van der Waals surface area (Å²) in [6, 6.07) is 1.05. The summed E-state index contributed by atoms with van der Waals surface area (Å²) in [7, 11) is 0. The largest absolute Gasteiger partial charge is 0.389 e. The highest BCUT2D eigenvalue weighted by atomic mass is 19.4. The minimum atomic E-state index is -4.47. The molecule has 0 bridgehead atoms. The van der Waals surface area contributed by atoms with Crippen LogP contribution in [-0.2, 0) is 11.3 Å². The molecule has 17 heteroatoms. The number of nitrogens with zero attached hydrogens (tertiary/aromatic N) is 6.